The van der Waals surface area contributed by atoms with Gasteiger partial charge in [0, 0.05) is 31.4 Å². The molecule has 0 aromatic carbocycles. The Balaban J connectivity index is 1.86. The van der Waals surface area contributed by atoms with Gasteiger partial charge in [0.2, 0.25) is 0 Å². The average Bonchev–Trinajstić information content (AvgIpc) is 3.03. The van der Waals surface area contributed by atoms with Crippen LogP contribution in [0.15, 0.2) is 24.4 Å². The van der Waals surface area contributed by atoms with E-state index in [-0.39, 0.29) is 0 Å². The average molecular weight is 349 g/mol. The molecule has 2 rings (SSSR count). The summed E-state index contributed by atoms with van der Waals surface area (Å²) in [5.41, 5.74) is 0.258. The highest BCUT2D eigenvalue weighted by Crippen LogP contribution is 2.23. The molecule has 1 aliphatic rings. The molecule has 0 spiro atoms. The summed E-state index contributed by atoms with van der Waals surface area (Å²) in [6, 6.07) is 5.04. The van der Waals surface area contributed by atoms with E-state index in [1.54, 1.807) is 27.0 Å². The van der Waals surface area contributed by atoms with Gasteiger partial charge in [0.05, 0.1) is 6.04 Å². The van der Waals surface area contributed by atoms with Crippen LogP contribution >= 0.6 is 0 Å². The molecule has 2 unspecified atom stereocenters. The molecule has 1 saturated heterocycles. The summed E-state index contributed by atoms with van der Waals surface area (Å²) >= 11 is 0. The van der Waals surface area contributed by atoms with Crippen molar-refractivity contribution in [2.45, 2.75) is 57.8 Å². The first kappa shape index (κ1) is 19.2. The molecular formula is C18H27N3O4. The smallest absolute Gasteiger partial charge is 0.410 e. The number of nitrogens with one attached hydrogen (secondary N) is 1. The van der Waals surface area contributed by atoms with Crippen LogP contribution in [0.4, 0.5) is 4.79 Å². The van der Waals surface area contributed by atoms with Crippen molar-refractivity contribution in [1.29, 1.82) is 0 Å². The van der Waals surface area contributed by atoms with Crippen molar-refractivity contribution in [3.63, 3.8) is 0 Å². The molecule has 1 aromatic rings. The Morgan fingerprint density at radius 1 is 1.44 bits per heavy atom. The third-order valence-electron chi connectivity index (χ3n) is 3.97. The van der Waals surface area contributed by atoms with Gasteiger partial charge in [-0.3, -0.25) is 9.78 Å². The van der Waals surface area contributed by atoms with Crippen molar-refractivity contribution in [3.05, 3.63) is 30.1 Å². The molecule has 0 saturated carbocycles. The molecule has 2 heterocycles. The topological polar surface area (TPSA) is 91.8 Å². The number of aliphatic hydroxyl groups excluding tert-OH is 1. The minimum atomic E-state index is -1.27. The number of amides is 2. The summed E-state index contributed by atoms with van der Waals surface area (Å²) in [6.07, 6.45) is 1.84. The maximum absolute atomic E-state index is 12.3. The number of rotatable bonds is 5. The SMILES string of the molecule is CC(C)(C)OC(=O)N1CCCC1C(O)C(=O)NCCc1ccccn1. The lowest BCUT2D eigenvalue weighted by molar-refractivity contribution is -0.132. The molecule has 138 valence electrons. The van der Waals surface area contributed by atoms with E-state index >= 15 is 0 Å². The summed E-state index contributed by atoms with van der Waals surface area (Å²) in [4.78, 5) is 30.1. The summed E-state index contributed by atoms with van der Waals surface area (Å²) in [6.45, 7) is 6.23. The molecule has 7 heteroatoms. The van der Waals surface area contributed by atoms with Crippen LogP contribution in [0.2, 0.25) is 0 Å². The number of aromatic nitrogens is 1. The molecule has 2 amide bonds. The Labute approximate surface area is 148 Å². The largest absolute Gasteiger partial charge is 0.444 e. The summed E-state index contributed by atoms with van der Waals surface area (Å²) in [7, 11) is 0. The molecule has 0 bridgehead atoms. The van der Waals surface area contributed by atoms with Gasteiger partial charge in [0.1, 0.15) is 5.60 Å². The van der Waals surface area contributed by atoms with Crippen LogP contribution in [0.1, 0.15) is 39.3 Å². The Kier molecular flexibility index (Phi) is 6.36. The number of nitrogens with zero attached hydrogens (tertiary/aromatic N) is 2. The van der Waals surface area contributed by atoms with E-state index < -0.39 is 29.7 Å². The number of ether oxygens (including phenoxy) is 1. The van der Waals surface area contributed by atoms with Crippen LogP contribution in [0.25, 0.3) is 0 Å². The highest BCUT2D eigenvalue weighted by Gasteiger charge is 2.39. The Bertz CT molecular complexity index is 586. The molecule has 7 nitrogen and oxygen atoms in total. The molecule has 0 radical (unpaired) electrons. The molecule has 0 aliphatic carbocycles. The number of aliphatic hydroxyl groups is 1. The van der Waals surface area contributed by atoms with Crippen molar-refractivity contribution >= 4 is 12.0 Å². The monoisotopic (exact) mass is 349 g/mol. The molecular weight excluding hydrogens is 322 g/mol. The van der Waals surface area contributed by atoms with Crippen molar-refractivity contribution in [2.75, 3.05) is 13.1 Å². The van der Waals surface area contributed by atoms with E-state index in [4.69, 9.17) is 4.74 Å². The maximum Gasteiger partial charge on any atom is 0.410 e. The fraction of sp³-hybridized carbons (Fsp3) is 0.611. The van der Waals surface area contributed by atoms with Crippen LogP contribution in [0, 0.1) is 0 Å². The number of hydrogen-bond acceptors (Lipinski definition) is 5. The zero-order chi connectivity index (χ0) is 18.4. The van der Waals surface area contributed by atoms with Crippen LogP contribution in [-0.4, -0.2) is 57.8 Å². The Morgan fingerprint density at radius 2 is 2.20 bits per heavy atom. The van der Waals surface area contributed by atoms with Crippen molar-refractivity contribution in [1.82, 2.24) is 15.2 Å². The second-order valence-corrected chi connectivity index (χ2v) is 7.19. The number of pyridine rings is 1. The number of hydrogen-bond donors (Lipinski definition) is 2. The van der Waals surface area contributed by atoms with E-state index in [0.717, 1.165) is 12.1 Å². The van der Waals surface area contributed by atoms with Gasteiger partial charge in [-0.2, -0.15) is 0 Å². The Morgan fingerprint density at radius 3 is 2.84 bits per heavy atom. The lowest BCUT2D eigenvalue weighted by Gasteiger charge is -2.30. The molecule has 2 atom stereocenters. The van der Waals surface area contributed by atoms with Gasteiger partial charge in [0.25, 0.3) is 5.91 Å². The van der Waals surface area contributed by atoms with Crippen molar-refractivity contribution in [3.8, 4) is 0 Å². The maximum atomic E-state index is 12.3. The van der Waals surface area contributed by atoms with E-state index in [1.165, 1.54) is 4.90 Å². The van der Waals surface area contributed by atoms with Crippen LogP contribution in [0.3, 0.4) is 0 Å². The molecule has 25 heavy (non-hydrogen) atoms. The van der Waals surface area contributed by atoms with E-state index in [2.05, 4.69) is 10.3 Å². The van der Waals surface area contributed by atoms with Gasteiger partial charge in [0.15, 0.2) is 6.10 Å². The van der Waals surface area contributed by atoms with Gasteiger partial charge in [-0.1, -0.05) is 6.07 Å². The van der Waals surface area contributed by atoms with E-state index in [9.17, 15) is 14.7 Å². The number of likely N-dealkylation sites (tertiary alicyclic amines) is 1. The predicted molar refractivity (Wildman–Crippen MR) is 92.9 cm³/mol. The third-order valence-corrected chi connectivity index (χ3v) is 3.97. The quantitative estimate of drug-likeness (QED) is 0.840. The Hall–Kier alpha value is -2.15. The van der Waals surface area contributed by atoms with Crippen LogP contribution in [0.5, 0.6) is 0 Å². The molecule has 1 aliphatic heterocycles. The fourth-order valence-corrected chi connectivity index (χ4v) is 2.81. The summed E-state index contributed by atoms with van der Waals surface area (Å²) in [5.74, 6) is -0.476. The van der Waals surface area contributed by atoms with Gasteiger partial charge in [-0.15, -0.1) is 0 Å². The lowest BCUT2D eigenvalue weighted by atomic mass is 10.1. The number of carbonyl (C=O) groups excluding carboxylic acids is 2. The first-order valence-electron chi connectivity index (χ1n) is 8.63. The zero-order valence-corrected chi connectivity index (χ0v) is 15.1. The predicted octanol–water partition coefficient (Wildman–Crippen LogP) is 1.50. The number of carbonyl (C=O) groups is 2. The fourth-order valence-electron chi connectivity index (χ4n) is 2.81. The van der Waals surface area contributed by atoms with Gasteiger partial charge < -0.3 is 20.1 Å². The van der Waals surface area contributed by atoms with Crippen molar-refractivity contribution < 1.29 is 19.4 Å². The first-order valence-corrected chi connectivity index (χ1v) is 8.63. The molecule has 2 N–H and O–H groups in total. The van der Waals surface area contributed by atoms with E-state index in [0.29, 0.717) is 25.9 Å². The standard InChI is InChI=1S/C18H27N3O4/c1-18(2,3)25-17(24)21-12-6-8-14(21)15(22)16(23)20-11-9-13-7-4-5-10-19-13/h4-5,7,10,14-15,22H,6,8-9,11-12H2,1-3H3,(H,20,23). The lowest BCUT2D eigenvalue weighted by Crippen LogP contribution is -2.51. The molecule has 1 aromatic heterocycles. The highest BCUT2D eigenvalue weighted by atomic mass is 16.6. The zero-order valence-electron chi connectivity index (χ0n) is 15.1. The molecule has 1 fully saturated rings. The van der Waals surface area contributed by atoms with Gasteiger partial charge in [-0.05, 0) is 45.7 Å². The summed E-state index contributed by atoms with van der Waals surface area (Å²) < 4.78 is 5.36. The summed E-state index contributed by atoms with van der Waals surface area (Å²) in [5, 5.41) is 13.1. The second kappa shape index (κ2) is 8.29. The second-order valence-electron chi connectivity index (χ2n) is 7.19. The minimum Gasteiger partial charge on any atom is -0.444 e. The normalized spacial score (nSPS) is 18.7. The first-order chi connectivity index (χ1) is 11.8. The van der Waals surface area contributed by atoms with Gasteiger partial charge in [-0.25, -0.2) is 4.79 Å². The minimum absolute atomic E-state index is 0.381. The van der Waals surface area contributed by atoms with Gasteiger partial charge >= 0.3 is 6.09 Å². The third kappa shape index (κ3) is 5.70. The van der Waals surface area contributed by atoms with Crippen LogP contribution < -0.4 is 5.32 Å². The van der Waals surface area contributed by atoms with Crippen molar-refractivity contribution in [2.24, 2.45) is 0 Å². The van der Waals surface area contributed by atoms with Crippen LogP contribution in [-0.2, 0) is 16.0 Å². The highest BCUT2D eigenvalue weighted by molar-refractivity contribution is 5.82. The van der Waals surface area contributed by atoms with E-state index in [1.807, 2.05) is 18.2 Å².